The first-order valence-electron chi connectivity index (χ1n) is 11.9. The fourth-order valence-electron chi connectivity index (χ4n) is 4.52. The van der Waals surface area contributed by atoms with Gasteiger partial charge in [0.1, 0.15) is 4.90 Å². The number of nitrogens with one attached hydrogen (secondary N) is 2. The van der Waals surface area contributed by atoms with Crippen LogP contribution in [0, 0.1) is 6.92 Å². The second-order valence-electron chi connectivity index (χ2n) is 8.79. The van der Waals surface area contributed by atoms with Crippen molar-refractivity contribution in [1.82, 2.24) is 24.5 Å². The summed E-state index contributed by atoms with van der Waals surface area (Å²) in [6.07, 6.45) is 1.61. The average molecular weight is 505 g/mol. The minimum Gasteiger partial charge on any atom is -0.337 e. The van der Waals surface area contributed by atoms with Gasteiger partial charge >= 0.3 is 6.03 Å². The summed E-state index contributed by atoms with van der Waals surface area (Å²) in [7, 11) is -3.64. The summed E-state index contributed by atoms with van der Waals surface area (Å²) in [5.74, 6) is 0. The van der Waals surface area contributed by atoms with Crippen molar-refractivity contribution in [1.29, 1.82) is 0 Å². The Labute approximate surface area is 210 Å². The van der Waals surface area contributed by atoms with Gasteiger partial charge in [0.05, 0.1) is 16.7 Å². The fourth-order valence-corrected chi connectivity index (χ4v) is 6.11. The maximum Gasteiger partial charge on any atom is 0.319 e. The number of aromatic nitrogens is 2. The topological polar surface area (TPSA) is 108 Å². The van der Waals surface area contributed by atoms with E-state index in [2.05, 4.69) is 25.5 Å². The van der Waals surface area contributed by atoms with Gasteiger partial charge in [-0.3, -0.25) is 14.9 Å². The van der Waals surface area contributed by atoms with E-state index in [4.69, 9.17) is 0 Å². The average Bonchev–Trinajstić information content (AvgIpc) is 2.88. The number of aryl methyl sites for hydroxylation is 1. The third kappa shape index (κ3) is 5.01. The monoisotopic (exact) mass is 504 g/mol. The molecule has 1 fully saturated rings. The number of hydrogen-bond acceptors (Lipinski definition) is 6. The maximum atomic E-state index is 13.3. The van der Waals surface area contributed by atoms with Crippen molar-refractivity contribution in [3.8, 4) is 0 Å². The molecular weight excluding hydrogens is 476 g/mol. The largest absolute Gasteiger partial charge is 0.337 e. The molecule has 0 aliphatic carbocycles. The summed E-state index contributed by atoms with van der Waals surface area (Å²) in [5.41, 5.74) is 2.88. The molecule has 2 amide bonds. The van der Waals surface area contributed by atoms with Gasteiger partial charge in [0, 0.05) is 61.9 Å². The molecule has 0 bridgehead atoms. The summed E-state index contributed by atoms with van der Waals surface area (Å²) >= 11 is 0. The van der Waals surface area contributed by atoms with Crippen LogP contribution in [-0.4, -0.2) is 72.9 Å². The lowest BCUT2D eigenvalue weighted by Gasteiger charge is -2.34. The first kappa shape index (κ1) is 24.1. The Hall–Kier alpha value is -3.60. The molecule has 2 N–H and O–H groups in total. The molecule has 0 unspecified atom stereocenters. The van der Waals surface area contributed by atoms with E-state index in [1.807, 2.05) is 49.4 Å². The molecule has 9 nitrogen and oxygen atoms in total. The second kappa shape index (κ2) is 10.2. The summed E-state index contributed by atoms with van der Waals surface area (Å²) in [6.45, 7) is 4.94. The molecule has 4 aromatic rings. The predicted octanol–water partition coefficient (Wildman–Crippen LogP) is 3.22. The number of amides is 2. The number of piperazine rings is 1. The van der Waals surface area contributed by atoms with Crippen LogP contribution >= 0.6 is 0 Å². The lowest BCUT2D eigenvalue weighted by molar-refractivity contribution is 0.189. The number of carbonyl (C=O) groups excluding carboxylic acids is 1. The number of carbonyl (C=O) groups is 1. The highest BCUT2D eigenvalue weighted by atomic mass is 32.2. The number of benzene rings is 2. The van der Waals surface area contributed by atoms with E-state index in [-0.39, 0.29) is 10.9 Å². The van der Waals surface area contributed by atoms with Gasteiger partial charge in [-0.05, 0) is 31.2 Å². The third-order valence-corrected chi connectivity index (χ3v) is 8.28. The highest BCUT2D eigenvalue weighted by Crippen LogP contribution is 2.25. The van der Waals surface area contributed by atoms with Crippen LogP contribution in [0.4, 0.5) is 10.5 Å². The Morgan fingerprint density at radius 1 is 1.00 bits per heavy atom. The molecule has 2 aromatic carbocycles. The van der Waals surface area contributed by atoms with Gasteiger partial charge in [-0.15, -0.1) is 0 Å². The quantitative estimate of drug-likeness (QED) is 0.418. The molecular formula is C26H28N6O3S. The molecule has 3 heterocycles. The molecule has 2 aromatic heterocycles. The third-order valence-electron chi connectivity index (χ3n) is 6.35. The van der Waals surface area contributed by atoms with Crippen molar-refractivity contribution in [2.24, 2.45) is 0 Å². The normalized spacial score (nSPS) is 15.2. The summed E-state index contributed by atoms with van der Waals surface area (Å²) < 4.78 is 28.1. The van der Waals surface area contributed by atoms with Gasteiger partial charge in [-0.25, -0.2) is 13.2 Å². The molecule has 10 heteroatoms. The van der Waals surface area contributed by atoms with Crippen molar-refractivity contribution >= 4 is 43.5 Å². The van der Waals surface area contributed by atoms with E-state index < -0.39 is 10.0 Å². The zero-order valence-electron chi connectivity index (χ0n) is 20.0. The standard InChI is InChI=1S/C26H28N6O3S/c1-19-18-23(21-8-2-3-9-22(21)29-19)30-26(33)28-12-13-31-14-16-32(17-15-31)36(34,35)24-10-4-6-20-7-5-11-27-25(20)24/h2-11,18H,12-17H2,1H3,(H2,28,29,30,33). The SMILES string of the molecule is Cc1cc(NC(=O)NCCN2CCN(S(=O)(=O)c3cccc4cccnc34)CC2)c2ccccc2n1. The van der Waals surface area contributed by atoms with Crippen LogP contribution in [0.1, 0.15) is 5.69 Å². The van der Waals surface area contributed by atoms with E-state index in [1.165, 1.54) is 4.31 Å². The van der Waals surface area contributed by atoms with Crippen molar-refractivity contribution < 1.29 is 13.2 Å². The first-order valence-corrected chi connectivity index (χ1v) is 13.3. The van der Waals surface area contributed by atoms with Gasteiger partial charge in [0.15, 0.2) is 0 Å². The van der Waals surface area contributed by atoms with E-state index in [9.17, 15) is 13.2 Å². The van der Waals surface area contributed by atoms with Crippen molar-refractivity contribution in [2.45, 2.75) is 11.8 Å². The van der Waals surface area contributed by atoms with Crippen LogP contribution in [-0.2, 0) is 10.0 Å². The van der Waals surface area contributed by atoms with E-state index in [0.717, 1.165) is 27.7 Å². The second-order valence-corrected chi connectivity index (χ2v) is 10.7. The first-order chi connectivity index (χ1) is 17.4. The van der Waals surface area contributed by atoms with Crippen LogP contribution in [0.3, 0.4) is 0 Å². The van der Waals surface area contributed by atoms with E-state index in [0.29, 0.717) is 44.8 Å². The number of pyridine rings is 2. The number of nitrogens with zero attached hydrogens (tertiary/aromatic N) is 4. The Morgan fingerprint density at radius 2 is 1.78 bits per heavy atom. The lowest BCUT2D eigenvalue weighted by atomic mass is 10.1. The smallest absolute Gasteiger partial charge is 0.319 e. The number of rotatable bonds is 6. The molecule has 0 spiro atoms. The van der Waals surface area contributed by atoms with Gasteiger partial charge in [0.2, 0.25) is 10.0 Å². The minimum atomic E-state index is -3.64. The molecule has 0 radical (unpaired) electrons. The number of sulfonamides is 1. The molecule has 1 aliphatic heterocycles. The maximum absolute atomic E-state index is 13.3. The fraction of sp³-hybridized carbons (Fsp3) is 0.269. The van der Waals surface area contributed by atoms with Gasteiger partial charge in [0.25, 0.3) is 0 Å². The molecule has 186 valence electrons. The summed E-state index contributed by atoms with van der Waals surface area (Å²) in [5, 5.41) is 7.51. The molecule has 36 heavy (non-hydrogen) atoms. The zero-order valence-corrected chi connectivity index (χ0v) is 20.8. The molecule has 0 saturated carbocycles. The number of urea groups is 1. The number of hydrogen-bond donors (Lipinski definition) is 2. The van der Waals surface area contributed by atoms with Gasteiger partial charge in [-0.1, -0.05) is 36.4 Å². The Kier molecular flexibility index (Phi) is 6.82. The van der Waals surface area contributed by atoms with Gasteiger partial charge in [-0.2, -0.15) is 4.31 Å². The van der Waals surface area contributed by atoms with Crippen molar-refractivity contribution in [2.75, 3.05) is 44.6 Å². The highest BCUT2D eigenvalue weighted by Gasteiger charge is 2.30. The molecule has 0 atom stereocenters. The summed E-state index contributed by atoms with van der Waals surface area (Å²) in [4.78, 5) is 23.7. The predicted molar refractivity (Wildman–Crippen MR) is 140 cm³/mol. The zero-order chi connectivity index (χ0) is 25.1. The Morgan fingerprint density at radius 3 is 2.61 bits per heavy atom. The van der Waals surface area contributed by atoms with Crippen molar-refractivity contribution in [3.05, 3.63) is 72.6 Å². The van der Waals surface area contributed by atoms with Crippen LogP contribution in [0.5, 0.6) is 0 Å². The summed E-state index contributed by atoms with van der Waals surface area (Å²) in [6, 6.07) is 18.1. The van der Waals surface area contributed by atoms with Crippen LogP contribution in [0.25, 0.3) is 21.8 Å². The van der Waals surface area contributed by atoms with Crippen molar-refractivity contribution in [3.63, 3.8) is 0 Å². The molecule has 1 saturated heterocycles. The molecule has 5 rings (SSSR count). The Bertz CT molecular complexity index is 1510. The number of para-hydroxylation sites is 2. The highest BCUT2D eigenvalue weighted by molar-refractivity contribution is 7.89. The molecule has 1 aliphatic rings. The van der Waals surface area contributed by atoms with Crippen LogP contribution < -0.4 is 10.6 Å². The Balaban J connectivity index is 1.14. The van der Waals surface area contributed by atoms with Crippen LogP contribution in [0.15, 0.2) is 71.8 Å². The number of anilines is 1. The van der Waals surface area contributed by atoms with E-state index >= 15 is 0 Å². The van der Waals surface area contributed by atoms with Gasteiger partial charge < -0.3 is 10.6 Å². The van der Waals surface area contributed by atoms with Crippen LogP contribution in [0.2, 0.25) is 0 Å². The minimum absolute atomic E-state index is 0.242. The lowest BCUT2D eigenvalue weighted by Crippen LogP contribution is -2.50. The number of fused-ring (bicyclic) bond motifs is 2. The van der Waals surface area contributed by atoms with E-state index in [1.54, 1.807) is 24.4 Å².